The number of carbonyl (C=O) groups is 3. The Hall–Kier alpha value is -4.40. The van der Waals surface area contributed by atoms with E-state index in [0.29, 0.717) is 36.8 Å². The second-order valence-corrected chi connectivity index (χ2v) is 11.0. The number of amides is 3. The minimum Gasteiger partial charge on any atom is -0.458 e. The predicted molar refractivity (Wildman–Crippen MR) is 164 cm³/mol. The maximum absolute atomic E-state index is 13.1. The van der Waals surface area contributed by atoms with Crippen LogP contribution in [0.3, 0.4) is 0 Å². The molecule has 3 rings (SSSR count). The Morgan fingerprint density at radius 2 is 1.52 bits per heavy atom. The van der Waals surface area contributed by atoms with E-state index in [1.807, 2.05) is 0 Å². The molecule has 0 atom stereocenters. The fourth-order valence-electron chi connectivity index (χ4n) is 3.67. The van der Waals surface area contributed by atoms with Crippen LogP contribution in [0.15, 0.2) is 60.8 Å². The molecule has 0 saturated heterocycles. The molecule has 0 aliphatic rings. The van der Waals surface area contributed by atoms with E-state index < -0.39 is 40.3 Å². The maximum atomic E-state index is 13.1. The molecule has 3 N–H and O–H groups in total. The first-order valence-corrected chi connectivity index (χ1v) is 14.4. The van der Waals surface area contributed by atoms with Gasteiger partial charge in [-0.3, -0.25) is 9.78 Å². The Bertz CT molecular complexity index is 1480. The monoisotopic (exact) mass is 666 g/mol. The third kappa shape index (κ3) is 12.9. The van der Waals surface area contributed by atoms with Crippen LogP contribution in [0.1, 0.15) is 43.2 Å². The van der Waals surface area contributed by atoms with Gasteiger partial charge in [0.25, 0.3) is 5.91 Å². The van der Waals surface area contributed by atoms with E-state index in [1.165, 1.54) is 30.5 Å². The van der Waals surface area contributed by atoms with E-state index in [2.05, 4.69) is 20.9 Å². The number of aromatic nitrogens is 1. The number of pyridine rings is 1. The lowest BCUT2D eigenvalue weighted by Gasteiger charge is -2.19. The molecule has 0 radical (unpaired) electrons. The lowest BCUT2D eigenvalue weighted by atomic mass is 10.2. The highest BCUT2D eigenvalue weighted by Gasteiger charge is 2.33. The van der Waals surface area contributed by atoms with Crippen molar-refractivity contribution >= 4 is 40.9 Å². The summed E-state index contributed by atoms with van der Waals surface area (Å²) in [6, 6.07) is 11.5. The second kappa shape index (κ2) is 16.8. The number of hydrogen-bond acceptors (Lipinski definition) is 8. The van der Waals surface area contributed by atoms with Crippen molar-refractivity contribution < 1.29 is 46.5 Å². The molecule has 0 aliphatic heterocycles. The number of halogens is 4. The van der Waals surface area contributed by atoms with Crippen LogP contribution in [0.5, 0.6) is 11.5 Å². The first-order chi connectivity index (χ1) is 21.7. The molecule has 3 aromatic rings. The third-order valence-corrected chi connectivity index (χ3v) is 5.92. The number of anilines is 2. The van der Waals surface area contributed by atoms with Gasteiger partial charge in [-0.1, -0.05) is 11.6 Å². The Labute approximate surface area is 268 Å². The number of urea groups is 1. The zero-order chi connectivity index (χ0) is 33.7. The van der Waals surface area contributed by atoms with Crippen molar-refractivity contribution in [2.45, 2.75) is 39.0 Å². The molecular formula is C31H34ClF3N4O7. The smallest absolute Gasteiger partial charge is 0.417 e. The summed E-state index contributed by atoms with van der Waals surface area (Å²) in [5.74, 6) is -0.132. The number of hydrogen-bond donors (Lipinski definition) is 3. The van der Waals surface area contributed by atoms with Crippen molar-refractivity contribution in [2.24, 2.45) is 0 Å². The molecule has 3 amide bonds. The van der Waals surface area contributed by atoms with Gasteiger partial charge in [-0.25, -0.2) is 9.59 Å². The zero-order valence-electron chi connectivity index (χ0n) is 25.3. The van der Waals surface area contributed by atoms with Crippen LogP contribution in [-0.4, -0.2) is 61.5 Å². The summed E-state index contributed by atoms with van der Waals surface area (Å²) in [6.45, 7) is 6.43. The van der Waals surface area contributed by atoms with Crippen molar-refractivity contribution in [3.8, 4) is 11.5 Å². The lowest BCUT2D eigenvalue weighted by Crippen LogP contribution is -2.28. The summed E-state index contributed by atoms with van der Waals surface area (Å²) >= 11 is 5.61. The van der Waals surface area contributed by atoms with Gasteiger partial charge < -0.3 is 34.9 Å². The summed E-state index contributed by atoms with van der Waals surface area (Å²) in [6.07, 6.45) is -2.68. The van der Waals surface area contributed by atoms with Crippen molar-refractivity contribution in [3.05, 3.63) is 77.1 Å². The highest BCUT2D eigenvalue weighted by Crippen LogP contribution is 2.36. The minimum atomic E-state index is -4.67. The van der Waals surface area contributed by atoms with E-state index in [1.54, 1.807) is 39.0 Å². The molecule has 0 spiro atoms. The lowest BCUT2D eigenvalue weighted by molar-refractivity contribution is -0.160. The molecule has 0 saturated carbocycles. The quantitative estimate of drug-likeness (QED) is 0.128. The number of alkyl halides is 3. The summed E-state index contributed by atoms with van der Waals surface area (Å²) < 4.78 is 60.8. The molecule has 2 aromatic carbocycles. The summed E-state index contributed by atoms with van der Waals surface area (Å²) in [5.41, 5.74) is -1.24. The summed E-state index contributed by atoms with van der Waals surface area (Å²) in [4.78, 5) is 40.4. The highest BCUT2D eigenvalue weighted by atomic mass is 35.5. The fraction of sp³-hybridized carbons (Fsp3) is 0.355. The second-order valence-electron chi connectivity index (χ2n) is 10.6. The molecule has 11 nitrogen and oxygen atoms in total. The number of benzene rings is 2. The van der Waals surface area contributed by atoms with Gasteiger partial charge in [-0.15, -0.1) is 0 Å². The first kappa shape index (κ1) is 36.1. The van der Waals surface area contributed by atoms with Gasteiger partial charge in [-0.2, -0.15) is 13.2 Å². The van der Waals surface area contributed by atoms with Gasteiger partial charge in [0.05, 0.1) is 17.2 Å². The molecular weight excluding hydrogens is 633 g/mol. The van der Waals surface area contributed by atoms with Crippen molar-refractivity contribution in [2.75, 3.05) is 43.6 Å². The van der Waals surface area contributed by atoms with Crippen LogP contribution in [0.2, 0.25) is 5.02 Å². The Morgan fingerprint density at radius 1 is 0.848 bits per heavy atom. The molecule has 0 fully saturated rings. The maximum Gasteiger partial charge on any atom is 0.417 e. The Balaban J connectivity index is 1.37. The van der Waals surface area contributed by atoms with E-state index in [4.69, 9.17) is 30.5 Å². The van der Waals surface area contributed by atoms with Crippen LogP contribution < -0.4 is 20.7 Å². The Kier molecular flexibility index (Phi) is 13.2. The standard InChI is InChI=1S/C31H34ClF3N4O7/c1-30(2,3)46-27(40)19-44-15-4-14-43-16-13-37-28(41)26-18-23(11-12-36-26)45-22-8-5-20(6-9-22)38-29(42)39-21-7-10-25(32)24(17-21)31(33,34)35/h5-12,17-18H,4,13-16,19H2,1-3H3,(H,37,41)(H2,38,39,42). The molecule has 1 heterocycles. The minimum absolute atomic E-state index is 0.0851. The average Bonchev–Trinajstić information content (AvgIpc) is 2.97. The van der Waals surface area contributed by atoms with E-state index in [9.17, 15) is 27.6 Å². The SMILES string of the molecule is CC(C)(C)OC(=O)COCCCOCCNC(=O)c1cc(Oc2ccc(NC(=O)Nc3ccc(Cl)c(C(F)(F)F)c3)cc2)ccn1. The fourth-order valence-corrected chi connectivity index (χ4v) is 3.90. The average molecular weight is 667 g/mol. The zero-order valence-corrected chi connectivity index (χ0v) is 26.1. The van der Waals surface area contributed by atoms with Gasteiger partial charge >= 0.3 is 18.2 Å². The normalized spacial score (nSPS) is 11.5. The van der Waals surface area contributed by atoms with Crippen molar-refractivity contribution in [1.82, 2.24) is 10.3 Å². The number of nitrogens with one attached hydrogen (secondary N) is 3. The van der Waals surface area contributed by atoms with Gasteiger partial charge in [0.2, 0.25) is 0 Å². The number of carbonyl (C=O) groups excluding carboxylic acids is 3. The molecule has 0 unspecified atom stereocenters. The number of rotatable bonds is 14. The topological polar surface area (TPSA) is 137 Å². The van der Waals surface area contributed by atoms with Crippen LogP contribution >= 0.6 is 11.6 Å². The van der Waals surface area contributed by atoms with Crippen LogP contribution in [-0.2, 0) is 25.2 Å². The number of esters is 1. The van der Waals surface area contributed by atoms with Gasteiger partial charge in [0, 0.05) is 43.4 Å². The van der Waals surface area contributed by atoms with Crippen molar-refractivity contribution in [1.29, 1.82) is 0 Å². The predicted octanol–water partition coefficient (Wildman–Crippen LogP) is 6.68. The van der Waals surface area contributed by atoms with Crippen LogP contribution in [0.25, 0.3) is 0 Å². The molecule has 15 heteroatoms. The van der Waals surface area contributed by atoms with E-state index in [0.717, 1.165) is 12.1 Å². The number of nitrogens with zero attached hydrogens (tertiary/aromatic N) is 1. The molecule has 248 valence electrons. The summed E-state index contributed by atoms with van der Waals surface area (Å²) in [5, 5.41) is 7.07. The van der Waals surface area contributed by atoms with Crippen LogP contribution in [0.4, 0.5) is 29.3 Å². The first-order valence-electron chi connectivity index (χ1n) is 14.0. The molecule has 0 bridgehead atoms. The third-order valence-electron chi connectivity index (χ3n) is 5.59. The van der Waals surface area contributed by atoms with Crippen LogP contribution in [0, 0.1) is 0 Å². The van der Waals surface area contributed by atoms with Gasteiger partial charge in [0.1, 0.15) is 29.4 Å². The molecule has 46 heavy (non-hydrogen) atoms. The van der Waals surface area contributed by atoms with E-state index >= 15 is 0 Å². The highest BCUT2D eigenvalue weighted by molar-refractivity contribution is 6.31. The Morgan fingerprint density at radius 3 is 2.22 bits per heavy atom. The molecule has 0 aliphatic carbocycles. The number of ether oxygens (including phenoxy) is 4. The van der Waals surface area contributed by atoms with E-state index in [-0.39, 0.29) is 31.1 Å². The van der Waals surface area contributed by atoms with Gasteiger partial charge in [-0.05, 0) is 75.7 Å². The van der Waals surface area contributed by atoms with Crippen molar-refractivity contribution in [3.63, 3.8) is 0 Å². The largest absolute Gasteiger partial charge is 0.458 e. The molecule has 1 aromatic heterocycles. The summed E-state index contributed by atoms with van der Waals surface area (Å²) in [7, 11) is 0. The van der Waals surface area contributed by atoms with Gasteiger partial charge in [0.15, 0.2) is 0 Å².